The van der Waals surface area contributed by atoms with Crippen LogP contribution in [0.25, 0.3) is 0 Å². The van der Waals surface area contributed by atoms with Gasteiger partial charge in [0, 0.05) is 87.6 Å². The zero-order valence-corrected chi connectivity index (χ0v) is 69.9. The highest BCUT2D eigenvalue weighted by molar-refractivity contribution is 6.08. The van der Waals surface area contributed by atoms with Gasteiger partial charge in [0.05, 0.1) is 148 Å². The fourth-order valence-electron chi connectivity index (χ4n) is 13.7. The molecule has 7 heterocycles. The van der Waals surface area contributed by atoms with Crippen LogP contribution >= 0.6 is 0 Å². The number of carbonyl (C=O) groups excluding carboxylic acids is 12. The molecule has 11 rings (SSSR count). The van der Waals surface area contributed by atoms with Crippen LogP contribution in [-0.4, -0.2) is 286 Å². The minimum atomic E-state index is -1.64. The molecular weight excluding hydrogens is 1620 g/mol. The minimum absolute atomic E-state index is 0.0106. The number of carboxylic acid groups (broad SMARTS) is 1. The summed E-state index contributed by atoms with van der Waals surface area (Å²) < 4.78 is 68.8. The molecule has 0 radical (unpaired) electrons. The average molecular weight is 1730 g/mol. The van der Waals surface area contributed by atoms with Crippen molar-refractivity contribution in [2.45, 2.75) is 134 Å². The van der Waals surface area contributed by atoms with Gasteiger partial charge >= 0.3 is 18.2 Å². The first kappa shape index (κ1) is 95.8. The molecule has 7 aliphatic heterocycles. The molecular formula is C84H111N13O27. The SMILES string of the molecule is C=C1CC2[C@@H](O)N3C(=O)OCc4ccc(cc4)NC(=O)[C@H](C)NC(=O)[C@H](C)NC(=O)CCOCCOCCOCCNC(=O)/C=C\C(=O)NCCOCCOCCOCCC(=O)N[C@@H](CCCCN)C(=O)N[C@@H](CC(=O)O)C(=O)Nc4ccc(cc4)COC(=O)N4C[C@@H]5CCCN5C(=O)c5cc(OC)c(cc54)OCCCOc4cc3c(cc4OC)C(=O)N2C1. The highest BCUT2D eigenvalue weighted by Gasteiger charge is 2.47. The van der Waals surface area contributed by atoms with Crippen LogP contribution in [0, 0.1) is 0 Å². The van der Waals surface area contributed by atoms with Crippen molar-refractivity contribution in [1.29, 1.82) is 0 Å². The second-order valence-corrected chi connectivity index (χ2v) is 29.4. The molecule has 0 aromatic heterocycles. The van der Waals surface area contributed by atoms with Crippen molar-refractivity contribution in [3.63, 3.8) is 0 Å². The van der Waals surface area contributed by atoms with E-state index in [1.165, 1.54) is 74.3 Å². The van der Waals surface area contributed by atoms with E-state index in [0.717, 1.165) is 17.1 Å². The predicted molar refractivity (Wildman–Crippen MR) is 444 cm³/mol. The molecule has 12 N–H and O–H groups in total. The van der Waals surface area contributed by atoms with Gasteiger partial charge in [-0.3, -0.25) is 57.6 Å². The Bertz CT molecular complexity index is 4400. The number of benzene rings is 4. The molecule has 8 bridgehead atoms. The average Bonchev–Trinajstić information content (AvgIpc) is 1.69. The van der Waals surface area contributed by atoms with E-state index >= 15 is 0 Å². The number of ether oxygens (including phenoxy) is 12. The minimum Gasteiger partial charge on any atom is -0.493 e. The highest BCUT2D eigenvalue weighted by atomic mass is 16.6. The Morgan fingerprint density at radius 2 is 1.04 bits per heavy atom. The van der Waals surface area contributed by atoms with Gasteiger partial charge in [0.25, 0.3) is 11.8 Å². The van der Waals surface area contributed by atoms with E-state index in [2.05, 4.69) is 49.1 Å². The van der Waals surface area contributed by atoms with Gasteiger partial charge in [0.15, 0.2) is 29.2 Å². The summed E-state index contributed by atoms with van der Waals surface area (Å²) >= 11 is 0. The van der Waals surface area contributed by atoms with Gasteiger partial charge in [0.1, 0.15) is 37.4 Å². The van der Waals surface area contributed by atoms with Crippen LogP contribution in [0.15, 0.2) is 97.1 Å². The lowest BCUT2D eigenvalue weighted by Gasteiger charge is -2.31. The lowest BCUT2D eigenvalue weighted by atomic mass is 10.1. The molecule has 4 aromatic rings. The number of aliphatic hydroxyl groups is 1. The number of carbonyl (C=O) groups is 13. The normalized spacial score (nSPS) is 23.1. The van der Waals surface area contributed by atoms with Gasteiger partial charge in [0.2, 0.25) is 47.3 Å². The fourth-order valence-corrected chi connectivity index (χ4v) is 13.7. The molecule has 1 unspecified atom stereocenters. The summed E-state index contributed by atoms with van der Waals surface area (Å²) in [5.41, 5.74) is 8.09. The van der Waals surface area contributed by atoms with Gasteiger partial charge in [-0.25, -0.2) is 14.5 Å². The molecule has 0 saturated carbocycles. The van der Waals surface area contributed by atoms with E-state index in [9.17, 15) is 72.5 Å². The molecule has 2 fully saturated rings. The maximum Gasteiger partial charge on any atom is 0.416 e. The summed E-state index contributed by atoms with van der Waals surface area (Å²) in [6.07, 6.45) is 0.291. The summed E-state index contributed by atoms with van der Waals surface area (Å²) in [7, 11) is 2.77. The molecule has 674 valence electrons. The van der Waals surface area contributed by atoms with E-state index in [-0.39, 0.29) is 227 Å². The number of aliphatic carboxylic acids is 1. The number of fused-ring (bicyclic) bond motifs is 4. The number of methoxy groups -OCH3 is 2. The number of nitrogens with zero attached hydrogens (tertiary/aromatic N) is 4. The molecule has 0 spiro atoms. The van der Waals surface area contributed by atoms with E-state index in [4.69, 9.17) is 62.6 Å². The van der Waals surface area contributed by atoms with Gasteiger partial charge in [-0.1, -0.05) is 36.4 Å². The molecule has 7 aliphatic rings. The number of nitrogens with one attached hydrogen (secondary N) is 8. The van der Waals surface area contributed by atoms with Crippen molar-refractivity contribution in [2.24, 2.45) is 5.73 Å². The van der Waals surface area contributed by atoms with Gasteiger partial charge in [-0.2, -0.15) is 0 Å². The second kappa shape index (κ2) is 49.3. The first-order valence-electron chi connectivity index (χ1n) is 41.0. The zero-order valence-electron chi connectivity index (χ0n) is 69.9. The number of aliphatic hydroxyl groups excluding tert-OH is 1. The molecule has 0 aliphatic carbocycles. The number of rotatable bonds is 8. The Morgan fingerprint density at radius 3 is 1.59 bits per heavy atom. The van der Waals surface area contributed by atoms with Crippen molar-refractivity contribution >= 4 is 100.0 Å². The number of unbranched alkanes of at least 4 members (excludes halogenated alkanes) is 1. The number of carboxylic acids is 1. The molecule has 2 saturated heterocycles. The van der Waals surface area contributed by atoms with Crippen molar-refractivity contribution < 1.29 is 129 Å². The van der Waals surface area contributed by atoms with Crippen LogP contribution in [0.3, 0.4) is 0 Å². The standard InChI is InChI=1S/C84H111N13O27/c1-52-42-66-82(110)97-65-47-70(68(114-5)44-61(65)81(109)95(66)48-52)122-29-9-28-121-69-46-64-60(43-67(69)113-4)80(108)94-27-8-10-59(94)49-96(64)83(111)123-50-55-14-18-58(19-15-55)91-79(107)63(45-75(102)103)93-78(106)62(11-6-7-24-85)92-74(101)23-31-116-35-39-120-41-37-118-33-26-87-72(99)21-20-71(98)86-25-32-117-36-40-119-38-34-115-30-22-73(100)88-53(2)76(104)89-54(3)77(105)90-57-16-12-56(13-17-57)51-124-84(97)112/h12-21,43-44,46-47,53-54,59,62-63,66,82,110H,1,6-11,22-42,45,48-51,85H2,2-5H3,(H,86,98)(H,87,99)(H,88,100)(H,89,104)(H,90,105)(H,91,107)(H,92,101)(H,93,106)(H,102,103)/b21-20-/t53-,54-,59-,62-,63-,66?,82+/m0/s1. The van der Waals surface area contributed by atoms with Crippen molar-refractivity contribution in [3.8, 4) is 23.0 Å². The first-order valence-corrected chi connectivity index (χ1v) is 41.0. The lowest BCUT2D eigenvalue weighted by Crippen LogP contribution is -2.53. The monoisotopic (exact) mass is 1730 g/mol. The number of nitrogens with two attached hydrogens (primary N) is 1. The second-order valence-electron chi connectivity index (χ2n) is 29.4. The number of hydrogen-bond donors (Lipinski definition) is 11. The Balaban J connectivity index is 0.837. The van der Waals surface area contributed by atoms with Gasteiger partial charge < -0.3 is 125 Å². The molecule has 40 nitrogen and oxygen atoms in total. The van der Waals surface area contributed by atoms with Crippen LogP contribution in [0.2, 0.25) is 0 Å². The number of hydrogen-bond acceptors (Lipinski definition) is 27. The summed E-state index contributed by atoms with van der Waals surface area (Å²) in [5.74, 6) is -6.70. The Hall–Kier alpha value is -12.1. The van der Waals surface area contributed by atoms with Crippen LogP contribution < -0.4 is 77.0 Å². The molecule has 4 aromatic carbocycles. The van der Waals surface area contributed by atoms with E-state index in [0.29, 0.717) is 61.2 Å². The Kier molecular flexibility index (Phi) is 38.1. The van der Waals surface area contributed by atoms with E-state index < -0.39 is 114 Å². The topological polar surface area (TPSA) is 508 Å². The van der Waals surface area contributed by atoms with Gasteiger partial charge in [-0.15, -0.1) is 0 Å². The van der Waals surface area contributed by atoms with Gasteiger partial charge in [-0.05, 0) is 106 Å². The third-order valence-corrected chi connectivity index (χ3v) is 20.2. The number of anilines is 4. The summed E-state index contributed by atoms with van der Waals surface area (Å²) in [5, 5.41) is 42.8. The van der Waals surface area contributed by atoms with Crippen LogP contribution in [-0.2, 0) is 94.3 Å². The summed E-state index contributed by atoms with van der Waals surface area (Å²) in [6, 6.07) is 12.0. The summed E-state index contributed by atoms with van der Waals surface area (Å²) in [4.78, 5) is 179. The van der Waals surface area contributed by atoms with Crippen LogP contribution in [0.5, 0.6) is 23.0 Å². The largest absolute Gasteiger partial charge is 0.493 e. The third-order valence-electron chi connectivity index (χ3n) is 20.2. The van der Waals surface area contributed by atoms with Crippen molar-refractivity contribution in [3.05, 3.63) is 119 Å². The Morgan fingerprint density at radius 1 is 0.540 bits per heavy atom. The summed E-state index contributed by atoms with van der Waals surface area (Å²) in [6.45, 7) is 9.22. The lowest BCUT2D eigenvalue weighted by molar-refractivity contribution is -0.140. The van der Waals surface area contributed by atoms with E-state index in [1.807, 2.05) is 0 Å². The molecule has 124 heavy (non-hydrogen) atoms. The van der Waals surface area contributed by atoms with Crippen LogP contribution in [0.4, 0.5) is 32.3 Å². The molecule has 7 atom stereocenters. The van der Waals surface area contributed by atoms with Crippen LogP contribution in [0.1, 0.15) is 110 Å². The third kappa shape index (κ3) is 29.1. The fraction of sp³-hybridized carbons (Fsp3) is 0.512. The zero-order chi connectivity index (χ0) is 89.0. The van der Waals surface area contributed by atoms with Crippen molar-refractivity contribution in [2.75, 3.05) is 166 Å². The van der Waals surface area contributed by atoms with E-state index in [1.54, 1.807) is 41.3 Å². The molecule has 40 heteroatoms. The number of amides is 12. The first-order chi connectivity index (χ1) is 59.8. The smallest absolute Gasteiger partial charge is 0.416 e. The maximum atomic E-state index is 14.4. The Labute approximate surface area is 716 Å². The predicted octanol–water partition coefficient (Wildman–Crippen LogP) is 2.70. The quantitative estimate of drug-likeness (QED) is 0.0892. The maximum absolute atomic E-state index is 14.4. The molecule has 12 amide bonds. The highest BCUT2D eigenvalue weighted by Crippen LogP contribution is 2.44. The van der Waals surface area contributed by atoms with Crippen molar-refractivity contribution in [1.82, 2.24) is 41.7 Å².